The number of carbonyl (C=O) groups is 1. The van der Waals surface area contributed by atoms with Crippen LogP contribution in [-0.2, 0) is 26.8 Å². The maximum Gasteiger partial charge on any atom is 0.316 e. The zero-order chi connectivity index (χ0) is 20.3. The Kier molecular flexibility index (Phi) is 7.93. The van der Waals surface area contributed by atoms with Crippen LogP contribution in [0.3, 0.4) is 0 Å². The highest BCUT2D eigenvalue weighted by Gasteiger charge is 2.29. The van der Waals surface area contributed by atoms with Crippen LogP contribution in [0.15, 0.2) is 17.0 Å². The van der Waals surface area contributed by atoms with Crippen LogP contribution in [0.5, 0.6) is 5.75 Å². The van der Waals surface area contributed by atoms with Gasteiger partial charge in [0.05, 0.1) is 0 Å². The molecular formula is C20H32O4S2. The van der Waals surface area contributed by atoms with Gasteiger partial charge in [-0.25, -0.2) is 0 Å². The molecule has 0 saturated heterocycles. The number of carboxylic acids is 1. The lowest BCUT2D eigenvalue weighted by molar-refractivity contribution is -0.136. The fourth-order valence-corrected chi connectivity index (χ4v) is 5.02. The summed E-state index contributed by atoms with van der Waals surface area (Å²) in [4.78, 5) is 11.8. The Labute approximate surface area is 165 Å². The Morgan fingerprint density at radius 1 is 1.15 bits per heavy atom. The molecule has 0 aliphatic heterocycles. The Balaban J connectivity index is 3.10. The van der Waals surface area contributed by atoms with E-state index >= 15 is 0 Å². The van der Waals surface area contributed by atoms with Crippen molar-refractivity contribution in [2.45, 2.75) is 75.9 Å². The fourth-order valence-electron chi connectivity index (χ4n) is 2.63. The highest BCUT2D eigenvalue weighted by molar-refractivity contribution is 8.01. The topological polar surface area (TPSA) is 80.6 Å². The second kappa shape index (κ2) is 8.89. The zero-order valence-electron chi connectivity index (χ0n) is 16.9. The van der Waals surface area contributed by atoms with Gasteiger partial charge in [0.15, 0.2) is 4.90 Å². The number of thioether (sulfide) groups is 1. The first kappa shape index (κ1) is 23.2. The molecule has 0 heterocycles. The molecule has 2 N–H and O–H groups in total. The van der Waals surface area contributed by atoms with Crippen molar-refractivity contribution < 1.29 is 19.6 Å². The van der Waals surface area contributed by atoms with Gasteiger partial charge in [0.2, 0.25) is 0 Å². The molecule has 2 atom stereocenters. The lowest BCUT2D eigenvalue weighted by Gasteiger charge is -2.28. The molecule has 2 unspecified atom stereocenters. The number of benzene rings is 1. The van der Waals surface area contributed by atoms with Crippen LogP contribution in [0.1, 0.15) is 66.0 Å². The molecule has 6 heteroatoms. The van der Waals surface area contributed by atoms with E-state index in [-0.39, 0.29) is 16.6 Å². The molecule has 4 nitrogen and oxygen atoms in total. The van der Waals surface area contributed by atoms with E-state index in [1.165, 1.54) is 11.8 Å². The molecular weight excluding hydrogens is 368 g/mol. The average molecular weight is 401 g/mol. The molecule has 0 fully saturated rings. The molecule has 0 saturated carbocycles. The Morgan fingerprint density at radius 3 is 1.96 bits per heavy atom. The predicted molar refractivity (Wildman–Crippen MR) is 111 cm³/mol. The third-order valence-corrected chi connectivity index (χ3v) is 7.17. The van der Waals surface area contributed by atoms with E-state index in [4.69, 9.17) is 5.11 Å². The molecule has 0 amide bonds. The number of phenols is 1. The van der Waals surface area contributed by atoms with Crippen LogP contribution < -0.4 is 0 Å². The molecule has 0 aliphatic rings. The van der Waals surface area contributed by atoms with Crippen molar-refractivity contribution in [2.24, 2.45) is 0 Å². The molecule has 1 rings (SSSR count). The summed E-state index contributed by atoms with van der Waals surface area (Å²) >= 11 is 0.0949. The van der Waals surface area contributed by atoms with E-state index in [0.717, 1.165) is 11.1 Å². The van der Waals surface area contributed by atoms with Gasteiger partial charge in [0.1, 0.15) is 16.8 Å². The van der Waals surface area contributed by atoms with E-state index in [9.17, 15) is 14.5 Å². The van der Waals surface area contributed by atoms with Crippen molar-refractivity contribution in [1.82, 2.24) is 0 Å². The van der Waals surface area contributed by atoms with Gasteiger partial charge >= 0.3 is 5.97 Å². The Hall–Kier alpha value is -0.850. The van der Waals surface area contributed by atoms with Crippen LogP contribution in [0, 0.1) is 0 Å². The van der Waals surface area contributed by atoms with Gasteiger partial charge in [-0.1, -0.05) is 48.5 Å². The molecule has 0 aromatic heterocycles. The van der Waals surface area contributed by atoms with Crippen LogP contribution in [0.25, 0.3) is 0 Å². The van der Waals surface area contributed by atoms with Crippen molar-refractivity contribution in [3.05, 3.63) is 23.3 Å². The minimum Gasteiger partial charge on any atom is -0.611 e. The maximum absolute atomic E-state index is 12.8. The standard InChI is InChI=1S/C20H32O4S2/c1-8-16(18(22)23)25-9-10-26(24)13-11-14(19(2,3)4)17(21)15(12-13)20(5,6)7/h11-12,16,21H,8-10H2,1-7H3,(H,22,23). The van der Waals surface area contributed by atoms with Gasteiger partial charge in [-0.05, 0) is 28.4 Å². The lowest BCUT2D eigenvalue weighted by Crippen LogP contribution is -2.20. The first-order valence-corrected chi connectivity index (χ1v) is 11.3. The van der Waals surface area contributed by atoms with Gasteiger partial charge in [-0.3, -0.25) is 4.79 Å². The van der Waals surface area contributed by atoms with Gasteiger partial charge in [-0.2, -0.15) is 0 Å². The highest BCUT2D eigenvalue weighted by atomic mass is 32.2. The number of aromatic hydroxyl groups is 1. The lowest BCUT2D eigenvalue weighted by atomic mass is 9.79. The molecule has 26 heavy (non-hydrogen) atoms. The maximum atomic E-state index is 12.8. The van der Waals surface area contributed by atoms with Crippen LogP contribution in [0.2, 0.25) is 0 Å². The summed E-state index contributed by atoms with van der Waals surface area (Å²) in [7, 11) is 0. The second-order valence-electron chi connectivity index (χ2n) is 8.52. The Morgan fingerprint density at radius 2 is 1.62 bits per heavy atom. The summed E-state index contributed by atoms with van der Waals surface area (Å²) in [6, 6.07) is 3.67. The normalized spacial score (nSPS) is 14.9. The highest BCUT2D eigenvalue weighted by Crippen LogP contribution is 2.40. The summed E-state index contributed by atoms with van der Waals surface area (Å²) in [6.07, 6.45) is 0.550. The third kappa shape index (κ3) is 6.10. The smallest absolute Gasteiger partial charge is 0.316 e. The summed E-state index contributed by atoms with van der Waals surface area (Å²) in [6.45, 7) is 14.0. The second-order valence-corrected chi connectivity index (χ2v) is 11.4. The summed E-state index contributed by atoms with van der Waals surface area (Å²) in [5, 5.41) is 19.4. The number of hydrogen-bond acceptors (Lipinski definition) is 4. The zero-order valence-corrected chi connectivity index (χ0v) is 18.5. The van der Waals surface area contributed by atoms with Crippen LogP contribution in [0.4, 0.5) is 0 Å². The first-order chi connectivity index (χ1) is 11.8. The van der Waals surface area contributed by atoms with Crippen molar-refractivity contribution in [2.75, 3.05) is 11.5 Å². The van der Waals surface area contributed by atoms with Gasteiger partial charge in [0.25, 0.3) is 0 Å². The van der Waals surface area contributed by atoms with Crippen molar-refractivity contribution >= 4 is 28.9 Å². The SMILES string of the molecule is CCC(SCC[S+]([O-])c1cc(C(C)(C)C)c(O)c(C(C)(C)C)c1)C(=O)O. The van der Waals surface area contributed by atoms with E-state index in [2.05, 4.69) is 0 Å². The predicted octanol–water partition coefficient (Wildman–Crippen LogP) is 4.69. The largest absolute Gasteiger partial charge is 0.611 e. The molecule has 0 bridgehead atoms. The summed E-state index contributed by atoms with van der Waals surface area (Å²) in [5.74, 6) is 0.371. The van der Waals surface area contributed by atoms with E-state index in [0.29, 0.717) is 22.8 Å². The third-order valence-electron chi connectivity index (χ3n) is 4.20. The minimum absolute atomic E-state index is 0.268. The van der Waals surface area contributed by atoms with E-state index in [1.54, 1.807) is 0 Å². The average Bonchev–Trinajstić information content (AvgIpc) is 2.48. The van der Waals surface area contributed by atoms with Gasteiger partial charge < -0.3 is 14.8 Å². The quantitative estimate of drug-likeness (QED) is 0.649. The first-order valence-electron chi connectivity index (χ1n) is 8.89. The molecule has 1 aromatic rings. The number of hydrogen-bond donors (Lipinski definition) is 2. The summed E-state index contributed by atoms with van der Waals surface area (Å²) < 4.78 is 12.8. The number of aliphatic carboxylic acids is 1. The van der Waals surface area contributed by atoms with E-state index < -0.39 is 22.4 Å². The molecule has 0 spiro atoms. The van der Waals surface area contributed by atoms with Crippen molar-refractivity contribution in [1.29, 1.82) is 0 Å². The van der Waals surface area contributed by atoms with Gasteiger partial charge in [0, 0.05) is 29.0 Å². The molecule has 1 aromatic carbocycles. The van der Waals surface area contributed by atoms with Crippen LogP contribution >= 0.6 is 11.8 Å². The number of rotatable bonds is 7. The molecule has 0 aliphatic carbocycles. The van der Waals surface area contributed by atoms with Crippen LogP contribution in [-0.4, -0.2) is 37.5 Å². The molecule has 148 valence electrons. The molecule has 0 radical (unpaired) electrons. The van der Waals surface area contributed by atoms with Gasteiger partial charge in [-0.15, -0.1) is 11.8 Å². The van der Waals surface area contributed by atoms with E-state index in [1.807, 2.05) is 60.6 Å². The summed E-state index contributed by atoms with van der Waals surface area (Å²) in [5.41, 5.74) is 1.04. The Bertz CT molecular complexity index is 595. The minimum atomic E-state index is -1.24. The number of carboxylic acid groups (broad SMARTS) is 1. The van der Waals surface area contributed by atoms with Crippen molar-refractivity contribution in [3.8, 4) is 5.75 Å². The number of phenolic OH excluding ortho intramolecular Hbond substituents is 1. The fraction of sp³-hybridized carbons (Fsp3) is 0.650. The van der Waals surface area contributed by atoms with Crippen molar-refractivity contribution in [3.63, 3.8) is 0 Å². The monoisotopic (exact) mass is 400 g/mol.